The monoisotopic (exact) mass is 346 g/mol. The molecule has 128 valence electrons. The highest BCUT2D eigenvalue weighted by molar-refractivity contribution is 8.00. The van der Waals surface area contributed by atoms with E-state index in [2.05, 4.69) is 41.6 Å². The Balaban J connectivity index is 2.11. The molecule has 7 heteroatoms. The number of thioether (sulfide) groups is 1. The van der Waals surface area contributed by atoms with Crippen LogP contribution in [0, 0.1) is 13.8 Å². The summed E-state index contributed by atoms with van der Waals surface area (Å²) in [5, 5.41) is 5.12. The standard InChI is InChI=1S/C17H22N4O2S/c1-5-18-16(23)20-15(22)13(4)24-17-19-8-9-21(17)14-7-6-11(2)12(3)10-14/h6-10,13H,5H2,1-4H3,(H2,18,20,22,23). The first kappa shape index (κ1) is 18.1. The summed E-state index contributed by atoms with van der Waals surface area (Å²) in [5.74, 6) is -0.347. The predicted octanol–water partition coefficient (Wildman–Crippen LogP) is 2.82. The van der Waals surface area contributed by atoms with Crippen LogP contribution in [-0.4, -0.2) is 33.3 Å². The number of nitrogens with zero attached hydrogens (tertiary/aromatic N) is 2. The van der Waals surface area contributed by atoms with Crippen LogP contribution in [0.1, 0.15) is 25.0 Å². The number of hydrogen-bond donors (Lipinski definition) is 2. The van der Waals surface area contributed by atoms with Crippen LogP contribution in [0.5, 0.6) is 0 Å². The number of benzene rings is 1. The van der Waals surface area contributed by atoms with Gasteiger partial charge >= 0.3 is 6.03 Å². The van der Waals surface area contributed by atoms with Crippen LogP contribution in [-0.2, 0) is 4.79 Å². The number of carbonyl (C=O) groups is 2. The van der Waals surface area contributed by atoms with Gasteiger partial charge in [-0.15, -0.1) is 0 Å². The minimum Gasteiger partial charge on any atom is -0.338 e. The van der Waals surface area contributed by atoms with E-state index in [1.165, 1.54) is 22.9 Å². The average molecular weight is 346 g/mol. The molecule has 0 radical (unpaired) electrons. The predicted molar refractivity (Wildman–Crippen MR) is 95.6 cm³/mol. The molecule has 1 aromatic carbocycles. The van der Waals surface area contributed by atoms with Gasteiger partial charge in [-0.25, -0.2) is 9.78 Å². The second-order valence-corrected chi connectivity index (χ2v) is 6.77. The van der Waals surface area contributed by atoms with Gasteiger partial charge in [0.25, 0.3) is 0 Å². The van der Waals surface area contributed by atoms with E-state index in [0.717, 1.165) is 5.69 Å². The Morgan fingerprint density at radius 3 is 2.71 bits per heavy atom. The third-order valence-electron chi connectivity index (χ3n) is 3.60. The minimum atomic E-state index is -0.479. The molecule has 2 aromatic rings. The van der Waals surface area contributed by atoms with Crippen LogP contribution < -0.4 is 10.6 Å². The van der Waals surface area contributed by atoms with Crippen molar-refractivity contribution in [3.8, 4) is 5.69 Å². The topological polar surface area (TPSA) is 76.0 Å². The molecule has 0 saturated carbocycles. The molecule has 1 heterocycles. The van der Waals surface area contributed by atoms with E-state index < -0.39 is 11.3 Å². The summed E-state index contributed by atoms with van der Waals surface area (Å²) in [6, 6.07) is 5.69. The molecule has 0 saturated heterocycles. The first-order chi connectivity index (χ1) is 11.4. The second kappa shape index (κ2) is 8.01. The summed E-state index contributed by atoms with van der Waals surface area (Å²) in [4.78, 5) is 27.8. The van der Waals surface area contributed by atoms with Crippen molar-refractivity contribution in [2.75, 3.05) is 6.54 Å². The fourth-order valence-electron chi connectivity index (χ4n) is 2.08. The number of imidazole rings is 1. The lowest BCUT2D eigenvalue weighted by atomic mass is 10.1. The van der Waals surface area contributed by atoms with Crippen molar-refractivity contribution in [2.24, 2.45) is 0 Å². The summed E-state index contributed by atoms with van der Waals surface area (Å²) in [6.07, 6.45) is 3.56. The number of aryl methyl sites for hydroxylation is 2. The second-order valence-electron chi connectivity index (χ2n) is 5.46. The molecule has 1 unspecified atom stereocenters. The van der Waals surface area contributed by atoms with E-state index in [9.17, 15) is 9.59 Å². The Labute approximate surface area is 146 Å². The summed E-state index contributed by atoms with van der Waals surface area (Å²) < 4.78 is 1.94. The maximum absolute atomic E-state index is 12.1. The zero-order valence-electron chi connectivity index (χ0n) is 14.3. The van der Waals surface area contributed by atoms with Crippen LogP contribution in [0.3, 0.4) is 0 Å². The molecule has 0 fully saturated rings. The fourth-order valence-corrected chi connectivity index (χ4v) is 2.96. The summed E-state index contributed by atoms with van der Waals surface area (Å²) in [5.41, 5.74) is 3.41. The number of carbonyl (C=O) groups excluding carboxylic acids is 2. The molecule has 1 atom stereocenters. The van der Waals surface area contributed by atoms with Gasteiger partial charge in [0.15, 0.2) is 5.16 Å². The van der Waals surface area contributed by atoms with Crippen LogP contribution in [0.25, 0.3) is 5.69 Å². The highest BCUT2D eigenvalue weighted by atomic mass is 32.2. The van der Waals surface area contributed by atoms with E-state index in [4.69, 9.17) is 0 Å². The van der Waals surface area contributed by atoms with E-state index in [1.54, 1.807) is 20.0 Å². The van der Waals surface area contributed by atoms with Crippen LogP contribution in [0.15, 0.2) is 35.7 Å². The van der Waals surface area contributed by atoms with Gasteiger partial charge in [-0.2, -0.15) is 0 Å². The maximum atomic E-state index is 12.1. The Bertz CT molecular complexity index is 742. The zero-order valence-corrected chi connectivity index (χ0v) is 15.1. The van der Waals surface area contributed by atoms with Crippen molar-refractivity contribution >= 4 is 23.7 Å². The fraction of sp³-hybridized carbons (Fsp3) is 0.353. The van der Waals surface area contributed by atoms with Crippen LogP contribution in [0.2, 0.25) is 0 Å². The lowest BCUT2D eigenvalue weighted by molar-refractivity contribution is -0.119. The Hall–Kier alpha value is -2.28. The number of aromatic nitrogens is 2. The first-order valence-electron chi connectivity index (χ1n) is 7.78. The quantitative estimate of drug-likeness (QED) is 0.816. The molecule has 6 nitrogen and oxygen atoms in total. The van der Waals surface area contributed by atoms with E-state index in [-0.39, 0.29) is 5.91 Å². The Morgan fingerprint density at radius 1 is 1.29 bits per heavy atom. The molecule has 0 aliphatic heterocycles. The summed E-state index contributed by atoms with van der Waals surface area (Å²) >= 11 is 1.31. The molecule has 24 heavy (non-hydrogen) atoms. The molecule has 1 aromatic heterocycles. The largest absolute Gasteiger partial charge is 0.338 e. The Morgan fingerprint density at radius 2 is 2.04 bits per heavy atom. The third kappa shape index (κ3) is 4.38. The van der Waals surface area contributed by atoms with Gasteiger partial charge in [-0.05, 0) is 51.0 Å². The third-order valence-corrected chi connectivity index (χ3v) is 4.68. The molecule has 2 rings (SSSR count). The van der Waals surface area contributed by atoms with Crippen molar-refractivity contribution < 1.29 is 9.59 Å². The number of imide groups is 1. The van der Waals surface area contributed by atoms with Crippen molar-refractivity contribution in [2.45, 2.75) is 38.1 Å². The molecule has 0 bridgehead atoms. The number of hydrogen-bond acceptors (Lipinski definition) is 4. The smallest absolute Gasteiger partial charge is 0.321 e. The number of nitrogens with one attached hydrogen (secondary N) is 2. The SMILES string of the molecule is CCNC(=O)NC(=O)C(C)Sc1nccn1-c1ccc(C)c(C)c1. The van der Waals surface area contributed by atoms with Gasteiger partial charge < -0.3 is 5.32 Å². The highest BCUT2D eigenvalue weighted by Crippen LogP contribution is 2.25. The van der Waals surface area contributed by atoms with Crippen molar-refractivity contribution in [3.05, 3.63) is 41.7 Å². The van der Waals surface area contributed by atoms with Crippen LogP contribution >= 0.6 is 11.8 Å². The lowest BCUT2D eigenvalue weighted by Gasteiger charge is -2.13. The molecule has 0 aliphatic rings. The normalized spacial score (nSPS) is 11.8. The number of urea groups is 1. The number of amides is 3. The summed E-state index contributed by atoms with van der Waals surface area (Å²) in [6.45, 7) is 8.14. The van der Waals surface area contributed by atoms with Gasteiger partial charge in [0.05, 0.1) is 5.25 Å². The van der Waals surface area contributed by atoms with Crippen molar-refractivity contribution in [1.29, 1.82) is 0 Å². The zero-order chi connectivity index (χ0) is 17.7. The summed E-state index contributed by atoms with van der Waals surface area (Å²) in [7, 11) is 0. The highest BCUT2D eigenvalue weighted by Gasteiger charge is 2.19. The van der Waals surface area contributed by atoms with Gasteiger partial charge in [-0.1, -0.05) is 17.8 Å². The first-order valence-corrected chi connectivity index (χ1v) is 8.66. The molecule has 0 aliphatic carbocycles. The molecular formula is C17H22N4O2S. The molecule has 0 spiro atoms. The average Bonchev–Trinajstić information content (AvgIpc) is 2.98. The van der Waals surface area contributed by atoms with Gasteiger partial charge in [-0.3, -0.25) is 14.7 Å². The van der Waals surface area contributed by atoms with Gasteiger partial charge in [0, 0.05) is 24.6 Å². The van der Waals surface area contributed by atoms with Crippen LogP contribution in [0.4, 0.5) is 4.79 Å². The number of rotatable bonds is 5. The molecule has 3 amide bonds. The van der Waals surface area contributed by atoms with E-state index in [0.29, 0.717) is 11.7 Å². The maximum Gasteiger partial charge on any atom is 0.321 e. The molecule has 2 N–H and O–H groups in total. The van der Waals surface area contributed by atoms with E-state index in [1.807, 2.05) is 16.8 Å². The van der Waals surface area contributed by atoms with Crippen molar-refractivity contribution in [3.63, 3.8) is 0 Å². The van der Waals surface area contributed by atoms with Crippen molar-refractivity contribution in [1.82, 2.24) is 20.2 Å². The minimum absolute atomic E-state index is 0.347. The van der Waals surface area contributed by atoms with E-state index >= 15 is 0 Å². The van der Waals surface area contributed by atoms with Gasteiger partial charge in [0.1, 0.15) is 0 Å². The lowest BCUT2D eigenvalue weighted by Crippen LogP contribution is -2.42. The molecular weight excluding hydrogens is 324 g/mol. The van der Waals surface area contributed by atoms with Gasteiger partial charge in [0.2, 0.25) is 5.91 Å². The Kier molecular flexibility index (Phi) is 6.03.